The third kappa shape index (κ3) is 2.99. The molecule has 1 aliphatic heterocycles. The van der Waals surface area contributed by atoms with Crippen LogP contribution in [0.25, 0.3) is 5.69 Å². The fraction of sp³-hybridized carbons (Fsp3) is 0.400. The number of nitrogens with one attached hydrogen (secondary N) is 1. The van der Waals surface area contributed by atoms with Crippen molar-refractivity contribution in [2.45, 2.75) is 12.8 Å². The highest BCUT2D eigenvalue weighted by atomic mass is 19.1. The zero-order valence-corrected chi connectivity index (χ0v) is 11.3. The number of hydrogen-bond donors (Lipinski definition) is 1. The van der Waals surface area contributed by atoms with E-state index >= 15 is 0 Å². The fourth-order valence-electron chi connectivity index (χ4n) is 2.43. The minimum atomic E-state index is -0.293. The maximum absolute atomic E-state index is 13.7. The van der Waals surface area contributed by atoms with Crippen LogP contribution in [-0.2, 0) is 0 Å². The maximum atomic E-state index is 13.7. The molecule has 20 heavy (non-hydrogen) atoms. The summed E-state index contributed by atoms with van der Waals surface area (Å²) in [6, 6.07) is 6.56. The molecule has 1 N–H and O–H groups in total. The Morgan fingerprint density at radius 3 is 3.10 bits per heavy atom. The van der Waals surface area contributed by atoms with E-state index in [0.29, 0.717) is 24.0 Å². The molecule has 5 heteroatoms. The molecule has 0 bridgehead atoms. The van der Waals surface area contributed by atoms with E-state index < -0.39 is 0 Å². The Hall–Kier alpha value is -1.88. The Morgan fingerprint density at radius 1 is 1.40 bits per heavy atom. The number of piperidine rings is 1. The van der Waals surface area contributed by atoms with Crippen molar-refractivity contribution < 1.29 is 9.13 Å². The number of para-hydroxylation sites is 1. The molecule has 0 amide bonds. The van der Waals surface area contributed by atoms with E-state index in [1.807, 2.05) is 0 Å². The molecule has 3 rings (SSSR count). The smallest absolute Gasteiger partial charge is 0.157 e. The Bertz CT molecular complexity index is 564. The first-order chi connectivity index (χ1) is 9.83. The summed E-state index contributed by atoms with van der Waals surface area (Å²) < 4.78 is 20.9. The van der Waals surface area contributed by atoms with Crippen LogP contribution >= 0.6 is 0 Å². The van der Waals surface area contributed by atoms with Crippen LogP contribution in [0.15, 0.2) is 36.7 Å². The van der Waals surface area contributed by atoms with Gasteiger partial charge in [0.15, 0.2) is 5.75 Å². The van der Waals surface area contributed by atoms with Gasteiger partial charge >= 0.3 is 0 Å². The molecule has 106 valence electrons. The van der Waals surface area contributed by atoms with Gasteiger partial charge in [0, 0.05) is 12.5 Å². The predicted molar refractivity (Wildman–Crippen MR) is 74.6 cm³/mol. The summed E-state index contributed by atoms with van der Waals surface area (Å²) >= 11 is 0. The minimum absolute atomic E-state index is 0.293. The van der Waals surface area contributed by atoms with Gasteiger partial charge in [-0.1, -0.05) is 12.1 Å². The second kappa shape index (κ2) is 6.05. The molecule has 4 nitrogen and oxygen atoms in total. The third-order valence-corrected chi connectivity index (χ3v) is 3.54. The van der Waals surface area contributed by atoms with E-state index in [0.717, 1.165) is 13.1 Å². The van der Waals surface area contributed by atoms with Gasteiger partial charge in [0.2, 0.25) is 0 Å². The van der Waals surface area contributed by atoms with Crippen molar-refractivity contribution in [2.24, 2.45) is 5.92 Å². The monoisotopic (exact) mass is 275 g/mol. The molecule has 0 radical (unpaired) electrons. The standard InChI is InChI=1S/C15H18FN3O/c16-14-5-1-2-6-15(14)19-10-13(9-18-19)20-11-12-4-3-7-17-8-12/h1-2,5-6,9-10,12,17H,3-4,7-8,11H2. The molecule has 2 aromatic rings. The van der Waals surface area contributed by atoms with Crippen LogP contribution in [0.4, 0.5) is 4.39 Å². The van der Waals surface area contributed by atoms with Gasteiger partial charge < -0.3 is 10.1 Å². The van der Waals surface area contributed by atoms with E-state index in [4.69, 9.17) is 4.74 Å². The van der Waals surface area contributed by atoms with Crippen molar-refractivity contribution in [1.82, 2.24) is 15.1 Å². The molecule has 1 fully saturated rings. The molecule has 1 aliphatic rings. The van der Waals surface area contributed by atoms with Gasteiger partial charge in [-0.25, -0.2) is 9.07 Å². The minimum Gasteiger partial charge on any atom is -0.490 e. The lowest BCUT2D eigenvalue weighted by Gasteiger charge is -2.22. The first-order valence-electron chi connectivity index (χ1n) is 6.96. The van der Waals surface area contributed by atoms with Crippen molar-refractivity contribution in [2.75, 3.05) is 19.7 Å². The zero-order valence-electron chi connectivity index (χ0n) is 11.3. The second-order valence-electron chi connectivity index (χ2n) is 5.10. The zero-order chi connectivity index (χ0) is 13.8. The molecule has 1 unspecified atom stereocenters. The van der Waals surface area contributed by atoms with Crippen LogP contribution in [0.3, 0.4) is 0 Å². The summed E-state index contributed by atoms with van der Waals surface area (Å²) in [5, 5.41) is 7.51. The Morgan fingerprint density at radius 2 is 2.30 bits per heavy atom. The molecule has 1 aromatic carbocycles. The van der Waals surface area contributed by atoms with E-state index in [2.05, 4.69) is 10.4 Å². The summed E-state index contributed by atoms with van der Waals surface area (Å²) in [7, 11) is 0. The Kier molecular flexibility index (Phi) is 3.97. The van der Waals surface area contributed by atoms with Gasteiger partial charge in [0.1, 0.15) is 11.5 Å². The Labute approximate surface area is 117 Å². The number of aromatic nitrogens is 2. The van der Waals surface area contributed by atoms with Crippen LogP contribution in [0.1, 0.15) is 12.8 Å². The highest BCUT2D eigenvalue weighted by molar-refractivity contribution is 5.33. The molecule has 1 atom stereocenters. The molecule has 0 aliphatic carbocycles. The summed E-state index contributed by atoms with van der Waals surface area (Å²) in [6.45, 7) is 2.78. The van der Waals surface area contributed by atoms with Crippen LogP contribution in [0.5, 0.6) is 5.75 Å². The number of halogens is 1. The van der Waals surface area contributed by atoms with Crippen molar-refractivity contribution in [3.8, 4) is 11.4 Å². The first kappa shape index (κ1) is 13.1. The number of ether oxygens (including phenoxy) is 1. The van der Waals surface area contributed by atoms with Crippen molar-refractivity contribution >= 4 is 0 Å². The van der Waals surface area contributed by atoms with Crippen LogP contribution in [0, 0.1) is 11.7 Å². The quantitative estimate of drug-likeness (QED) is 0.931. The van der Waals surface area contributed by atoms with Crippen molar-refractivity contribution in [3.05, 3.63) is 42.5 Å². The molecule has 1 saturated heterocycles. The van der Waals surface area contributed by atoms with Crippen molar-refractivity contribution in [1.29, 1.82) is 0 Å². The maximum Gasteiger partial charge on any atom is 0.157 e. The van der Waals surface area contributed by atoms with Gasteiger partial charge in [-0.05, 0) is 31.5 Å². The highest BCUT2D eigenvalue weighted by Gasteiger charge is 2.14. The molecule has 2 heterocycles. The van der Waals surface area contributed by atoms with Gasteiger partial charge in [-0.15, -0.1) is 0 Å². The topological polar surface area (TPSA) is 39.1 Å². The summed E-state index contributed by atoms with van der Waals surface area (Å²) in [5.41, 5.74) is 0.432. The second-order valence-corrected chi connectivity index (χ2v) is 5.10. The largest absolute Gasteiger partial charge is 0.490 e. The highest BCUT2D eigenvalue weighted by Crippen LogP contribution is 2.18. The number of benzene rings is 1. The molecular weight excluding hydrogens is 257 g/mol. The molecule has 1 aromatic heterocycles. The van der Waals surface area contributed by atoms with E-state index in [1.165, 1.54) is 23.6 Å². The SMILES string of the molecule is Fc1ccccc1-n1cc(OCC2CCCNC2)cn1. The van der Waals surface area contributed by atoms with Crippen LogP contribution in [-0.4, -0.2) is 29.5 Å². The summed E-state index contributed by atoms with van der Waals surface area (Å²) in [4.78, 5) is 0. The predicted octanol–water partition coefficient (Wildman–Crippen LogP) is 2.39. The fourth-order valence-corrected chi connectivity index (χ4v) is 2.43. The normalized spacial score (nSPS) is 18.9. The van der Waals surface area contributed by atoms with E-state index in [1.54, 1.807) is 30.6 Å². The first-order valence-corrected chi connectivity index (χ1v) is 6.96. The average molecular weight is 275 g/mol. The summed E-state index contributed by atoms with van der Waals surface area (Å²) in [5.74, 6) is 0.929. The van der Waals surface area contributed by atoms with Crippen molar-refractivity contribution in [3.63, 3.8) is 0 Å². The average Bonchev–Trinajstić information content (AvgIpc) is 2.95. The number of rotatable bonds is 4. The summed E-state index contributed by atoms with van der Waals surface area (Å²) in [6.07, 6.45) is 5.73. The molecule has 0 saturated carbocycles. The molecule has 0 spiro atoms. The van der Waals surface area contributed by atoms with Crippen LogP contribution < -0.4 is 10.1 Å². The van der Waals surface area contributed by atoms with Gasteiger partial charge in [0.05, 0.1) is 19.0 Å². The molecular formula is C15H18FN3O. The number of hydrogen-bond acceptors (Lipinski definition) is 3. The van der Waals surface area contributed by atoms with E-state index in [-0.39, 0.29) is 5.82 Å². The van der Waals surface area contributed by atoms with Crippen LogP contribution in [0.2, 0.25) is 0 Å². The number of nitrogens with zero attached hydrogens (tertiary/aromatic N) is 2. The lowest BCUT2D eigenvalue weighted by Crippen LogP contribution is -2.32. The van der Waals surface area contributed by atoms with E-state index in [9.17, 15) is 4.39 Å². The Balaban J connectivity index is 1.63. The van der Waals surface area contributed by atoms with Gasteiger partial charge in [-0.2, -0.15) is 5.10 Å². The lowest BCUT2D eigenvalue weighted by molar-refractivity contribution is 0.218. The third-order valence-electron chi connectivity index (χ3n) is 3.54. The van der Waals surface area contributed by atoms with Gasteiger partial charge in [-0.3, -0.25) is 0 Å². The lowest BCUT2D eigenvalue weighted by atomic mass is 10.0. The van der Waals surface area contributed by atoms with Gasteiger partial charge in [0.25, 0.3) is 0 Å².